The molecule has 5 N–H and O–H groups in total. The maximum absolute atomic E-state index is 13.4. The number of aliphatic hydroxyl groups is 1. The van der Waals surface area contributed by atoms with Crippen LogP contribution in [0.25, 0.3) is 11.1 Å². The molecule has 230 valence electrons. The fourth-order valence-corrected chi connectivity index (χ4v) is 3.99. The third kappa shape index (κ3) is 10.4. The van der Waals surface area contributed by atoms with E-state index in [1.165, 1.54) is 0 Å². The van der Waals surface area contributed by atoms with Crippen LogP contribution in [0.2, 0.25) is 0 Å². The van der Waals surface area contributed by atoms with E-state index in [-0.39, 0.29) is 24.3 Å². The molecule has 3 aromatic carbocycles. The first-order chi connectivity index (χ1) is 20.3. The number of carbonyl (C=O) groups excluding carboxylic acids is 3. The van der Waals surface area contributed by atoms with Gasteiger partial charge in [0.1, 0.15) is 11.4 Å². The van der Waals surface area contributed by atoms with Gasteiger partial charge in [-0.2, -0.15) is 4.99 Å². The van der Waals surface area contributed by atoms with E-state index in [4.69, 9.17) is 10.5 Å². The predicted octanol–water partition coefficient (Wildman–Crippen LogP) is 6.46. The highest BCUT2D eigenvalue weighted by Crippen LogP contribution is 2.30. The minimum Gasteiger partial charge on any atom is -0.442 e. The second-order valence-corrected chi connectivity index (χ2v) is 11.2. The first-order valence-corrected chi connectivity index (χ1v) is 14.4. The normalized spacial score (nSPS) is 11.3. The summed E-state index contributed by atoms with van der Waals surface area (Å²) in [5.74, 6) is -0.183. The van der Waals surface area contributed by atoms with Crippen LogP contribution in [0.4, 0.5) is 10.5 Å². The van der Waals surface area contributed by atoms with Gasteiger partial charge in [-0.15, -0.1) is 0 Å². The molecule has 0 aliphatic rings. The van der Waals surface area contributed by atoms with Crippen LogP contribution in [0.3, 0.4) is 0 Å². The number of hydrogen-bond donors (Lipinski definition) is 4. The average molecular weight is 589 g/mol. The van der Waals surface area contributed by atoms with Gasteiger partial charge in [0.25, 0.3) is 11.8 Å². The van der Waals surface area contributed by atoms with E-state index in [1.807, 2.05) is 40.7 Å². The van der Waals surface area contributed by atoms with Gasteiger partial charge in [0.15, 0.2) is 0 Å². The molecule has 3 aromatic rings. The smallest absolute Gasteiger partial charge is 0.436 e. The maximum Gasteiger partial charge on any atom is 0.436 e. The summed E-state index contributed by atoms with van der Waals surface area (Å²) < 4.78 is 5.17. The van der Waals surface area contributed by atoms with Crippen molar-refractivity contribution < 1.29 is 24.2 Å². The van der Waals surface area contributed by atoms with E-state index in [2.05, 4.69) is 15.6 Å². The Morgan fingerprint density at radius 2 is 1.53 bits per heavy atom. The topological polar surface area (TPSA) is 143 Å². The molecule has 0 saturated heterocycles. The van der Waals surface area contributed by atoms with Crippen molar-refractivity contribution in [3.05, 3.63) is 88.5 Å². The zero-order valence-corrected chi connectivity index (χ0v) is 26.4. The molecule has 0 aliphatic heterocycles. The van der Waals surface area contributed by atoms with Crippen molar-refractivity contribution in [2.75, 3.05) is 11.9 Å². The molecule has 3 rings (SSSR count). The molecule has 9 nitrogen and oxygen atoms in total. The minimum atomic E-state index is -0.786. The Balaban J connectivity index is 0.00000316. The second-order valence-electron chi connectivity index (χ2n) is 11.2. The standard InChI is InChI=1S/C32H38N4O5.C2H6/c1-19(2)17-34-29(38)23-10-14-25(20(3)15-23)27-16-21(18-37)7-13-26(27)30(39)35-24-11-8-22(9-12-24)28(33)36-31(40)41-32(4,5)6;1-2/h7-16,19,37H,17-18H2,1-6H3,(H,34,38)(H,35,39)(H2,33,36,40);1-2H3. The number of nitrogens with zero attached hydrogens (tertiary/aromatic N) is 1. The Morgan fingerprint density at radius 1 is 0.907 bits per heavy atom. The van der Waals surface area contributed by atoms with Gasteiger partial charge in [-0.1, -0.05) is 39.8 Å². The number of rotatable bonds is 8. The summed E-state index contributed by atoms with van der Waals surface area (Å²) in [6.07, 6.45) is -0.786. The quantitative estimate of drug-likeness (QED) is 0.176. The molecule has 0 heterocycles. The second kappa shape index (κ2) is 15.7. The first kappa shape index (κ1) is 34.7. The highest BCUT2D eigenvalue weighted by atomic mass is 16.6. The monoisotopic (exact) mass is 588 g/mol. The molecule has 9 heteroatoms. The number of aryl methyl sites for hydroxylation is 1. The van der Waals surface area contributed by atoms with E-state index < -0.39 is 11.7 Å². The molecule has 0 unspecified atom stereocenters. The Labute approximate surface area is 254 Å². The molecule has 0 radical (unpaired) electrons. The summed E-state index contributed by atoms with van der Waals surface area (Å²) in [6, 6.07) is 17.1. The van der Waals surface area contributed by atoms with Crippen LogP contribution in [0, 0.1) is 12.8 Å². The Hall–Kier alpha value is -4.50. The zero-order chi connectivity index (χ0) is 32.3. The number of nitrogens with two attached hydrogens (primary N) is 1. The third-order valence-corrected chi connectivity index (χ3v) is 6.00. The number of amidine groups is 1. The zero-order valence-electron chi connectivity index (χ0n) is 26.4. The van der Waals surface area contributed by atoms with Crippen molar-refractivity contribution >= 4 is 29.4 Å². The van der Waals surface area contributed by atoms with E-state index in [0.29, 0.717) is 46.0 Å². The fraction of sp³-hybridized carbons (Fsp3) is 0.353. The lowest BCUT2D eigenvalue weighted by Crippen LogP contribution is -2.27. The number of aliphatic hydroxyl groups excluding tert-OH is 1. The van der Waals surface area contributed by atoms with Crippen LogP contribution in [0.15, 0.2) is 65.7 Å². The Morgan fingerprint density at radius 3 is 2.09 bits per heavy atom. The number of ether oxygens (including phenoxy) is 1. The van der Waals surface area contributed by atoms with Gasteiger partial charge in [0.2, 0.25) is 0 Å². The highest BCUT2D eigenvalue weighted by Gasteiger charge is 2.18. The van der Waals surface area contributed by atoms with Crippen molar-refractivity contribution in [2.24, 2.45) is 16.6 Å². The molecule has 0 bridgehead atoms. The first-order valence-electron chi connectivity index (χ1n) is 14.4. The number of anilines is 1. The van der Waals surface area contributed by atoms with Gasteiger partial charge in [-0.3, -0.25) is 9.59 Å². The number of nitrogens with one attached hydrogen (secondary N) is 2. The minimum absolute atomic E-state index is 0.00388. The van der Waals surface area contributed by atoms with Crippen molar-refractivity contribution in [3.63, 3.8) is 0 Å². The molecule has 0 spiro atoms. The van der Waals surface area contributed by atoms with Crippen molar-refractivity contribution in [1.29, 1.82) is 0 Å². The molecule has 0 atom stereocenters. The predicted molar refractivity (Wildman–Crippen MR) is 172 cm³/mol. The summed E-state index contributed by atoms with van der Waals surface area (Å²) in [4.78, 5) is 41.7. The molecular formula is C34H44N4O5. The van der Waals surface area contributed by atoms with Gasteiger partial charge in [-0.05, 0) is 104 Å². The number of hydrogen-bond acceptors (Lipinski definition) is 5. The molecule has 3 amide bonds. The number of aliphatic imine (C=N–C) groups is 1. The summed E-state index contributed by atoms with van der Waals surface area (Å²) in [7, 11) is 0. The Kier molecular flexibility index (Phi) is 12.6. The largest absolute Gasteiger partial charge is 0.442 e. The fourth-order valence-electron chi connectivity index (χ4n) is 3.99. The van der Waals surface area contributed by atoms with Gasteiger partial charge >= 0.3 is 6.09 Å². The summed E-state index contributed by atoms with van der Waals surface area (Å²) in [5, 5.41) is 15.5. The van der Waals surface area contributed by atoms with Gasteiger partial charge in [0.05, 0.1) is 6.61 Å². The van der Waals surface area contributed by atoms with E-state index in [1.54, 1.807) is 75.4 Å². The molecule has 0 aliphatic carbocycles. The van der Waals surface area contributed by atoms with Crippen LogP contribution in [0.1, 0.15) is 85.9 Å². The Bertz CT molecular complexity index is 1450. The number of carbonyl (C=O) groups is 3. The lowest BCUT2D eigenvalue weighted by atomic mass is 9.92. The van der Waals surface area contributed by atoms with E-state index >= 15 is 0 Å². The average Bonchev–Trinajstić information content (AvgIpc) is 2.95. The van der Waals surface area contributed by atoms with Gasteiger partial charge < -0.3 is 26.2 Å². The van der Waals surface area contributed by atoms with Gasteiger partial charge in [-0.25, -0.2) is 4.79 Å². The van der Waals surface area contributed by atoms with Crippen molar-refractivity contribution in [2.45, 2.75) is 67.6 Å². The maximum atomic E-state index is 13.4. The van der Waals surface area contributed by atoms with Crippen molar-refractivity contribution in [3.8, 4) is 11.1 Å². The number of benzene rings is 3. The van der Waals surface area contributed by atoms with E-state index in [9.17, 15) is 19.5 Å². The third-order valence-electron chi connectivity index (χ3n) is 6.00. The summed E-state index contributed by atoms with van der Waals surface area (Å²) in [6.45, 7) is 15.5. The lowest BCUT2D eigenvalue weighted by Gasteiger charge is -2.17. The number of amides is 3. The van der Waals surface area contributed by atoms with Crippen LogP contribution >= 0.6 is 0 Å². The lowest BCUT2D eigenvalue weighted by molar-refractivity contribution is 0.0603. The van der Waals surface area contributed by atoms with Crippen LogP contribution in [-0.2, 0) is 11.3 Å². The molecule has 0 aromatic heterocycles. The van der Waals surface area contributed by atoms with Gasteiger partial charge in [0, 0.05) is 28.9 Å². The van der Waals surface area contributed by atoms with Crippen LogP contribution < -0.4 is 16.4 Å². The summed E-state index contributed by atoms with van der Waals surface area (Å²) in [5.41, 5.74) is 10.1. The van der Waals surface area contributed by atoms with Crippen LogP contribution in [-0.4, -0.2) is 41.0 Å². The SMILES string of the molecule is CC.Cc1cc(C(=O)NCC(C)C)ccc1-c1cc(CO)ccc1C(=O)Nc1ccc(/C(N)=N/C(=O)OC(C)(C)C)cc1. The highest BCUT2D eigenvalue weighted by molar-refractivity contribution is 6.09. The molecule has 0 fully saturated rings. The molecular weight excluding hydrogens is 544 g/mol. The van der Waals surface area contributed by atoms with Crippen molar-refractivity contribution in [1.82, 2.24) is 5.32 Å². The molecule has 0 saturated carbocycles. The molecule has 43 heavy (non-hydrogen) atoms. The van der Waals surface area contributed by atoms with E-state index in [0.717, 1.165) is 11.1 Å². The summed E-state index contributed by atoms with van der Waals surface area (Å²) >= 11 is 0. The van der Waals surface area contributed by atoms with Crippen LogP contribution in [0.5, 0.6) is 0 Å².